The van der Waals surface area contributed by atoms with Crippen molar-refractivity contribution < 1.29 is 4.42 Å². The monoisotopic (exact) mass is 236 g/mol. The SMILES string of the molecule is Cc1cc(NCc2occc2C)cnc1Cl. The average molecular weight is 237 g/mol. The fraction of sp³-hybridized carbons (Fsp3) is 0.250. The molecule has 0 amide bonds. The molecule has 0 aromatic carbocycles. The van der Waals surface area contributed by atoms with Crippen molar-refractivity contribution in [2.24, 2.45) is 0 Å². The van der Waals surface area contributed by atoms with E-state index in [1.165, 1.54) is 0 Å². The van der Waals surface area contributed by atoms with Crippen LogP contribution >= 0.6 is 11.6 Å². The number of furan rings is 1. The molecule has 0 aliphatic heterocycles. The zero-order valence-corrected chi connectivity index (χ0v) is 10.0. The summed E-state index contributed by atoms with van der Waals surface area (Å²) in [6.45, 7) is 4.60. The van der Waals surface area contributed by atoms with E-state index in [0.29, 0.717) is 11.7 Å². The lowest BCUT2D eigenvalue weighted by Crippen LogP contribution is -2.00. The molecule has 0 radical (unpaired) electrons. The summed E-state index contributed by atoms with van der Waals surface area (Å²) in [6.07, 6.45) is 3.41. The number of hydrogen-bond acceptors (Lipinski definition) is 3. The number of nitrogens with zero attached hydrogens (tertiary/aromatic N) is 1. The van der Waals surface area contributed by atoms with Crippen molar-refractivity contribution in [2.45, 2.75) is 20.4 Å². The zero-order valence-electron chi connectivity index (χ0n) is 9.25. The van der Waals surface area contributed by atoms with Gasteiger partial charge >= 0.3 is 0 Å². The summed E-state index contributed by atoms with van der Waals surface area (Å²) in [5.41, 5.74) is 3.05. The maximum absolute atomic E-state index is 5.85. The van der Waals surface area contributed by atoms with Crippen molar-refractivity contribution in [3.63, 3.8) is 0 Å². The molecule has 0 unspecified atom stereocenters. The molecule has 0 spiro atoms. The van der Waals surface area contributed by atoms with Crippen LogP contribution in [0.5, 0.6) is 0 Å². The van der Waals surface area contributed by atoms with E-state index in [-0.39, 0.29) is 0 Å². The van der Waals surface area contributed by atoms with Gasteiger partial charge in [-0.3, -0.25) is 0 Å². The Morgan fingerprint density at radius 1 is 1.38 bits per heavy atom. The second-order valence-electron chi connectivity index (χ2n) is 3.71. The molecule has 3 nitrogen and oxygen atoms in total. The van der Waals surface area contributed by atoms with Crippen molar-refractivity contribution >= 4 is 17.3 Å². The highest BCUT2D eigenvalue weighted by molar-refractivity contribution is 6.30. The van der Waals surface area contributed by atoms with Crippen LogP contribution in [0.3, 0.4) is 0 Å². The van der Waals surface area contributed by atoms with Gasteiger partial charge in [-0.25, -0.2) is 4.98 Å². The van der Waals surface area contributed by atoms with Crippen LogP contribution in [0.25, 0.3) is 0 Å². The summed E-state index contributed by atoms with van der Waals surface area (Å²) < 4.78 is 5.33. The number of rotatable bonds is 3. The molecule has 0 fully saturated rings. The summed E-state index contributed by atoms with van der Waals surface area (Å²) in [6, 6.07) is 3.91. The molecule has 0 bridgehead atoms. The first kappa shape index (κ1) is 11.0. The van der Waals surface area contributed by atoms with Gasteiger partial charge in [0, 0.05) is 0 Å². The minimum absolute atomic E-state index is 0.541. The van der Waals surface area contributed by atoms with Gasteiger partial charge in [0.2, 0.25) is 0 Å². The van der Waals surface area contributed by atoms with Crippen molar-refractivity contribution in [2.75, 3.05) is 5.32 Å². The Morgan fingerprint density at radius 3 is 2.81 bits per heavy atom. The molecule has 2 rings (SSSR count). The molecule has 2 aromatic heterocycles. The van der Waals surface area contributed by atoms with Crippen LogP contribution < -0.4 is 5.32 Å². The van der Waals surface area contributed by atoms with E-state index in [4.69, 9.17) is 16.0 Å². The van der Waals surface area contributed by atoms with Gasteiger partial charge in [-0.2, -0.15) is 0 Å². The topological polar surface area (TPSA) is 38.1 Å². The highest BCUT2D eigenvalue weighted by Crippen LogP contribution is 2.17. The summed E-state index contributed by atoms with van der Waals surface area (Å²) in [7, 11) is 0. The highest BCUT2D eigenvalue weighted by Gasteiger charge is 2.02. The van der Waals surface area contributed by atoms with Gasteiger partial charge in [0.1, 0.15) is 10.9 Å². The van der Waals surface area contributed by atoms with Crippen LogP contribution in [0.15, 0.2) is 29.0 Å². The molecule has 2 aromatic rings. The van der Waals surface area contributed by atoms with E-state index < -0.39 is 0 Å². The van der Waals surface area contributed by atoms with Gasteiger partial charge in [-0.15, -0.1) is 0 Å². The average Bonchev–Trinajstić information content (AvgIpc) is 2.66. The Hall–Kier alpha value is -1.48. The number of halogens is 1. The third-order valence-corrected chi connectivity index (χ3v) is 2.83. The minimum atomic E-state index is 0.541. The molecular weight excluding hydrogens is 224 g/mol. The van der Waals surface area contributed by atoms with Gasteiger partial charge < -0.3 is 9.73 Å². The normalized spacial score (nSPS) is 10.4. The van der Waals surface area contributed by atoms with Crippen molar-refractivity contribution in [1.29, 1.82) is 0 Å². The van der Waals surface area contributed by atoms with Crippen molar-refractivity contribution in [1.82, 2.24) is 4.98 Å². The van der Waals surface area contributed by atoms with Gasteiger partial charge in [-0.1, -0.05) is 11.6 Å². The lowest BCUT2D eigenvalue weighted by molar-refractivity contribution is 0.515. The molecule has 4 heteroatoms. The van der Waals surface area contributed by atoms with Crippen LogP contribution in [-0.4, -0.2) is 4.98 Å². The first-order chi connectivity index (χ1) is 7.66. The van der Waals surface area contributed by atoms with E-state index in [9.17, 15) is 0 Å². The fourth-order valence-electron chi connectivity index (χ4n) is 1.42. The fourth-order valence-corrected chi connectivity index (χ4v) is 1.53. The number of aryl methyl sites for hydroxylation is 2. The summed E-state index contributed by atoms with van der Waals surface area (Å²) in [4.78, 5) is 4.07. The van der Waals surface area contributed by atoms with E-state index >= 15 is 0 Å². The van der Waals surface area contributed by atoms with Gasteiger partial charge in [0.15, 0.2) is 0 Å². The van der Waals surface area contributed by atoms with E-state index in [1.54, 1.807) is 12.5 Å². The smallest absolute Gasteiger partial charge is 0.132 e. The first-order valence-electron chi connectivity index (χ1n) is 5.06. The lowest BCUT2D eigenvalue weighted by Gasteiger charge is -2.06. The van der Waals surface area contributed by atoms with E-state index in [1.807, 2.05) is 26.0 Å². The summed E-state index contributed by atoms with van der Waals surface area (Å²) in [5, 5.41) is 3.78. The number of aromatic nitrogens is 1. The standard InChI is InChI=1S/C12H13ClN2O/c1-8-3-4-16-11(8)7-14-10-5-9(2)12(13)15-6-10/h3-6,14H,7H2,1-2H3. The molecule has 0 aliphatic rings. The summed E-state index contributed by atoms with van der Waals surface area (Å²) >= 11 is 5.85. The first-order valence-corrected chi connectivity index (χ1v) is 5.43. The largest absolute Gasteiger partial charge is 0.467 e. The Balaban J connectivity index is 2.05. The molecule has 0 saturated heterocycles. The van der Waals surface area contributed by atoms with E-state index in [2.05, 4.69) is 10.3 Å². The molecule has 0 atom stereocenters. The number of hydrogen-bond donors (Lipinski definition) is 1. The van der Waals surface area contributed by atoms with Gasteiger partial charge in [-0.05, 0) is 37.1 Å². The lowest BCUT2D eigenvalue weighted by atomic mass is 10.2. The van der Waals surface area contributed by atoms with Crippen LogP contribution in [0.2, 0.25) is 5.15 Å². The van der Waals surface area contributed by atoms with Crippen LogP contribution in [0.1, 0.15) is 16.9 Å². The Bertz CT molecular complexity index is 494. The quantitative estimate of drug-likeness (QED) is 0.829. The van der Waals surface area contributed by atoms with Crippen molar-refractivity contribution in [3.05, 3.63) is 46.6 Å². The molecular formula is C12H13ClN2O. The number of nitrogens with one attached hydrogen (secondary N) is 1. The van der Waals surface area contributed by atoms with Crippen molar-refractivity contribution in [3.8, 4) is 0 Å². The third-order valence-electron chi connectivity index (χ3n) is 2.44. The predicted octanol–water partition coefficient (Wildman–Crippen LogP) is 3.56. The van der Waals surface area contributed by atoms with Crippen LogP contribution in [0.4, 0.5) is 5.69 Å². The maximum Gasteiger partial charge on any atom is 0.132 e. The highest BCUT2D eigenvalue weighted by atomic mass is 35.5. The van der Waals surface area contributed by atoms with E-state index in [0.717, 1.165) is 22.6 Å². The number of anilines is 1. The van der Waals surface area contributed by atoms with Gasteiger partial charge in [0.25, 0.3) is 0 Å². The van der Waals surface area contributed by atoms with Crippen LogP contribution in [0, 0.1) is 13.8 Å². The third kappa shape index (κ3) is 2.36. The number of pyridine rings is 1. The molecule has 16 heavy (non-hydrogen) atoms. The van der Waals surface area contributed by atoms with Crippen LogP contribution in [-0.2, 0) is 6.54 Å². The molecule has 84 valence electrons. The van der Waals surface area contributed by atoms with Gasteiger partial charge in [0.05, 0.1) is 24.7 Å². The summed E-state index contributed by atoms with van der Waals surface area (Å²) in [5.74, 6) is 0.938. The zero-order chi connectivity index (χ0) is 11.5. The predicted molar refractivity (Wildman–Crippen MR) is 64.8 cm³/mol. The maximum atomic E-state index is 5.85. The Labute approximate surface area is 99.5 Å². The molecule has 0 saturated carbocycles. The molecule has 1 N–H and O–H groups in total. The Kier molecular flexibility index (Phi) is 3.15. The Morgan fingerprint density at radius 2 is 2.19 bits per heavy atom. The second-order valence-corrected chi connectivity index (χ2v) is 4.07. The second kappa shape index (κ2) is 4.58. The molecule has 2 heterocycles. The molecule has 0 aliphatic carbocycles. The minimum Gasteiger partial charge on any atom is -0.467 e.